The Kier molecular flexibility index (Phi) is 5.91. The molecule has 1 N–H and O–H groups in total. The third-order valence-corrected chi connectivity index (χ3v) is 3.48. The lowest BCUT2D eigenvalue weighted by atomic mass is 10.2. The summed E-state index contributed by atoms with van der Waals surface area (Å²) in [7, 11) is 0. The van der Waals surface area contributed by atoms with Crippen LogP contribution in [0, 0.1) is 17.8 Å². The molecule has 1 fully saturated rings. The number of rotatable bonds is 7. The van der Waals surface area contributed by atoms with Crippen LogP contribution in [0.15, 0.2) is 24.3 Å². The van der Waals surface area contributed by atoms with Crippen molar-refractivity contribution in [2.24, 2.45) is 5.92 Å². The van der Waals surface area contributed by atoms with Crippen molar-refractivity contribution in [3.8, 4) is 17.6 Å². The van der Waals surface area contributed by atoms with E-state index in [0.29, 0.717) is 6.61 Å². The van der Waals surface area contributed by atoms with Gasteiger partial charge in [-0.05, 0) is 43.5 Å². The van der Waals surface area contributed by atoms with Crippen molar-refractivity contribution >= 4 is 0 Å². The second kappa shape index (κ2) is 7.94. The third-order valence-electron chi connectivity index (χ3n) is 3.48. The van der Waals surface area contributed by atoms with Gasteiger partial charge in [0.05, 0.1) is 0 Å². The molecule has 108 valence electrons. The second-order valence-electron chi connectivity index (χ2n) is 5.17. The van der Waals surface area contributed by atoms with Crippen molar-refractivity contribution in [2.45, 2.75) is 19.8 Å². The van der Waals surface area contributed by atoms with Gasteiger partial charge >= 0.3 is 0 Å². The van der Waals surface area contributed by atoms with Gasteiger partial charge in [-0.2, -0.15) is 0 Å². The Morgan fingerprint density at radius 2 is 2.25 bits per heavy atom. The smallest absolute Gasteiger partial charge is 0.120 e. The monoisotopic (exact) mass is 273 g/mol. The Bertz CT molecular complexity index is 471. The van der Waals surface area contributed by atoms with E-state index in [4.69, 9.17) is 9.84 Å². The predicted molar refractivity (Wildman–Crippen MR) is 80.7 cm³/mol. The molecule has 0 heterocycles. The fraction of sp³-hybridized carbons (Fsp3) is 0.529. The van der Waals surface area contributed by atoms with E-state index in [2.05, 4.69) is 23.7 Å². The van der Waals surface area contributed by atoms with E-state index >= 15 is 0 Å². The van der Waals surface area contributed by atoms with E-state index in [0.717, 1.165) is 30.3 Å². The third kappa shape index (κ3) is 5.24. The lowest BCUT2D eigenvalue weighted by Crippen LogP contribution is -2.30. The Labute approximate surface area is 121 Å². The molecule has 0 aromatic heterocycles. The van der Waals surface area contributed by atoms with Crippen molar-refractivity contribution in [1.82, 2.24) is 4.90 Å². The predicted octanol–water partition coefficient (Wildman–Crippen LogP) is 2.14. The van der Waals surface area contributed by atoms with Crippen LogP contribution in [0.1, 0.15) is 25.3 Å². The summed E-state index contributed by atoms with van der Waals surface area (Å²) in [6, 6.07) is 7.71. The van der Waals surface area contributed by atoms with E-state index < -0.39 is 0 Å². The molecule has 1 aromatic carbocycles. The topological polar surface area (TPSA) is 32.7 Å². The molecule has 0 unspecified atom stereocenters. The second-order valence-corrected chi connectivity index (χ2v) is 5.17. The lowest BCUT2D eigenvalue weighted by molar-refractivity contribution is 0.210. The number of aliphatic hydroxyl groups is 1. The molecule has 2 rings (SSSR count). The summed E-state index contributed by atoms with van der Waals surface area (Å²) in [5.41, 5.74) is 0.877. The summed E-state index contributed by atoms with van der Waals surface area (Å²) in [6.07, 6.45) is 2.78. The van der Waals surface area contributed by atoms with Crippen LogP contribution in [0.25, 0.3) is 0 Å². The zero-order valence-corrected chi connectivity index (χ0v) is 12.1. The zero-order valence-electron chi connectivity index (χ0n) is 12.1. The summed E-state index contributed by atoms with van der Waals surface area (Å²) >= 11 is 0. The van der Waals surface area contributed by atoms with Crippen molar-refractivity contribution < 1.29 is 9.84 Å². The summed E-state index contributed by atoms with van der Waals surface area (Å²) in [4.78, 5) is 2.45. The summed E-state index contributed by atoms with van der Waals surface area (Å²) < 4.78 is 5.79. The molecule has 3 heteroatoms. The molecule has 1 aromatic rings. The van der Waals surface area contributed by atoms with Crippen LogP contribution in [-0.4, -0.2) is 42.9 Å². The van der Waals surface area contributed by atoms with Crippen molar-refractivity contribution in [3.05, 3.63) is 29.8 Å². The number of aliphatic hydroxyl groups excluding tert-OH is 1. The Morgan fingerprint density at radius 3 is 2.95 bits per heavy atom. The SMILES string of the molecule is CCN(CCOc1cccc(C#CCO)c1)CC1CC1. The van der Waals surface area contributed by atoms with Crippen molar-refractivity contribution in [3.63, 3.8) is 0 Å². The Morgan fingerprint density at radius 1 is 1.40 bits per heavy atom. The van der Waals surface area contributed by atoms with Crippen LogP contribution >= 0.6 is 0 Å². The van der Waals surface area contributed by atoms with E-state index in [1.165, 1.54) is 19.4 Å². The molecular formula is C17H23NO2. The van der Waals surface area contributed by atoms with Crippen molar-refractivity contribution in [2.75, 3.05) is 32.8 Å². The van der Waals surface area contributed by atoms with Gasteiger partial charge in [-0.1, -0.05) is 24.8 Å². The molecule has 1 aliphatic carbocycles. The summed E-state index contributed by atoms with van der Waals surface area (Å²) in [6.45, 7) is 6.06. The summed E-state index contributed by atoms with van der Waals surface area (Å²) in [5.74, 6) is 7.30. The lowest BCUT2D eigenvalue weighted by Gasteiger charge is -2.20. The molecule has 20 heavy (non-hydrogen) atoms. The van der Waals surface area contributed by atoms with Crippen LogP contribution in [0.2, 0.25) is 0 Å². The molecule has 0 aliphatic heterocycles. The molecule has 0 spiro atoms. The highest BCUT2D eigenvalue weighted by atomic mass is 16.5. The standard InChI is InChI=1S/C17H23NO2/c1-2-18(14-16-8-9-16)10-12-20-17-7-3-5-15(13-17)6-4-11-19/h3,5,7,13,16,19H,2,8-12,14H2,1H3. The molecule has 3 nitrogen and oxygen atoms in total. The fourth-order valence-electron chi connectivity index (χ4n) is 2.14. The first kappa shape index (κ1) is 14.9. The fourth-order valence-corrected chi connectivity index (χ4v) is 2.14. The maximum atomic E-state index is 8.69. The van der Waals surface area contributed by atoms with Crippen LogP contribution in [-0.2, 0) is 0 Å². The van der Waals surface area contributed by atoms with Gasteiger partial charge in [0.2, 0.25) is 0 Å². The van der Waals surface area contributed by atoms with Crippen molar-refractivity contribution in [1.29, 1.82) is 0 Å². The average molecular weight is 273 g/mol. The first-order valence-electron chi connectivity index (χ1n) is 7.36. The van der Waals surface area contributed by atoms with Crippen LogP contribution in [0.5, 0.6) is 5.75 Å². The number of hydrogen-bond acceptors (Lipinski definition) is 3. The van der Waals surface area contributed by atoms with Gasteiger partial charge in [-0.15, -0.1) is 0 Å². The molecule has 1 aliphatic rings. The van der Waals surface area contributed by atoms with Gasteiger partial charge in [-0.25, -0.2) is 0 Å². The van der Waals surface area contributed by atoms with Gasteiger partial charge in [0.25, 0.3) is 0 Å². The molecular weight excluding hydrogens is 250 g/mol. The van der Waals surface area contributed by atoms with E-state index in [-0.39, 0.29) is 6.61 Å². The van der Waals surface area contributed by atoms with E-state index in [9.17, 15) is 0 Å². The number of hydrogen-bond donors (Lipinski definition) is 1. The van der Waals surface area contributed by atoms with Gasteiger partial charge in [-0.3, -0.25) is 4.90 Å². The maximum Gasteiger partial charge on any atom is 0.120 e. The minimum atomic E-state index is -0.113. The molecule has 0 atom stereocenters. The number of likely N-dealkylation sites (N-methyl/N-ethyl adjacent to an activating group) is 1. The highest BCUT2D eigenvalue weighted by molar-refractivity contribution is 5.39. The minimum absolute atomic E-state index is 0.113. The van der Waals surface area contributed by atoms with Crippen LogP contribution in [0.3, 0.4) is 0 Å². The van der Waals surface area contributed by atoms with Gasteiger partial charge in [0, 0.05) is 18.7 Å². The highest BCUT2D eigenvalue weighted by Gasteiger charge is 2.23. The van der Waals surface area contributed by atoms with Crippen LogP contribution < -0.4 is 4.74 Å². The van der Waals surface area contributed by atoms with Crippen LogP contribution in [0.4, 0.5) is 0 Å². The number of nitrogens with zero attached hydrogens (tertiary/aromatic N) is 1. The maximum absolute atomic E-state index is 8.69. The molecule has 0 saturated heterocycles. The molecule has 0 bridgehead atoms. The largest absolute Gasteiger partial charge is 0.492 e. The molecule has 1 saturated carbocycles. The average Bonchev–Trinajstić information content (AvgIpc) is 3.28. The Balaban J connectivity index is 1.77. The van der Waals surface area contributed by atoms with Gasteiger partial charge in [0.15, 0.2) is 0 Å². The highest BCUT2D eigenvalue weighted by Crippen LogP contribution is 2.29. The number of benzene rings is 1. The Hall–Kier alpha value is -1.50. The zero-order chi connectivity index (χ0) is 14.2. The van der Waals surface area contributed by atoms with E-state index in [1.54, 1.807) is 0 Å². The molecule has 0 radical (unpaired) electrons. The normalized spacial score (nSPS) is 13.9. The van der Waals surface area contributed by atoms with Gasteiger partial charge < -0.3 is 9.84 Å². The summed E-state index contributed by atoms with van der Waals surface area (Å²) in [5, 5.41) is 8.69. The quantitative estimate of drug-likeness (QED) is 0.773. The molecule has 0 amide bonds. The first-order valence-corrected chi connectivity index (χ1v) is 7.36. The van der Waals surface area contributed by atoms with Gasteiger partial charge in [0.1, 0.15) is 19.0 Å². The van der Waals surface area contributed by atoms with E-state index in [1.807, 2.05) is 24.3 Å². The number of ether oxygens (including phenoxy) is 1. The minimum Gasteiger partial charge on any atom is -0.492 e. The first-order chi connectivity index (χ1) is 9.81.